The molecule has 1 aromatic rings. The predicted molar refractivity (Wildman–Crippen MR) is 89.1 cm³/mol. The van der Waals surface area contributed by atoms with E-state index in [2.05, 4.69) is 24.5 Å². The highest BCUT2D eigenvalue weighted by molar-refractivity contribution is 5.74. The zero-order valence-electron chi connectivity index (χ0n) is 13.9. The summed E-state index contributed by atoms with van der Waals surface area (Å²) >= 11 is 0. The van der Waals surface area contributed by atoms with E-state index in [0.29, 0.717) is 0 Å². The highest BCUT2D eigenvalue weighted by atomic mass is 16.5. The van der Waals surface area contributed by atoms with Crippen LogP contribution in [-0.2, 0) is 0 Å². The first-order chi connectivity index (χ1) is 10.6. The first-order valence-electron chi connectivity index (χ1n) is 8.24. The quantitative estimate of drug-likeness (QED) is 0.833. The zero-order chi connectivity index (χ0) is 16.0. The van der Waals surface area contributed by atoms with E-state index in [1.165, 1.54) is 25.7 Å². The summed E-state index contributed by atoms with van der Waals surface area (Å²) in [5.74, 6) is 0.831. The Morgan fingerprint density at radius 3 is 2.45 bits per heavy atom. The lowest BCUT2D eigenvalue weighted by atomic mass is 9.89. The molecule has 0 heterocycles. The van der Waals surface area contributed by atoms with Crippen LogP contribution in [0.1, 0.15) is 57.6 Å². The standard InChI is InChI=1S/C18H28N2O2/c1-4-16(14-7-9-15(22-3)10-8-14)20-17(21)19-13-18(2)11-5-6-12-18/h7-10,16H,4-6,11-13H2,1-3H3,(H2,19,20,21). The van der Waals surface area contributed by atoms with Crippen molar-refractivity contribution in [2.24, 2.45) is 5.41 Å². The molecule has 1 aromatic carbocycles. The third-order valence-corrected chi connectivity index (χ3v) is 4.72. The van der Waals surface area contributed by atoms with E-state index < -0.39 is 0 Å². The summed E-state index contributed by atoms with van der Waals surface area (Å²) < 4.78 is 5.17. The molecule has 1 saturated carbocycles. The molecule has 1 aliphatic carbocycles. The minimum Gasteiger partial charge on any atom is -0.497 e. The van der Waals surface area contributed by atoms with E-state index in [-0.39, 0.29) is 17.5 Å². The molecule has 4 nitrogen and oxygen atoms in total. The van der Waals surface area contributed by atoms with Crippen molar-refractivity contribution in [2.45, 2.75) is 52.0 Å². The Kier molecular flexibility index (Phi) is 5.69. The van der Waals surface area contributed by atoms with Gasteiger partial charge in [0.05, 0.1) is 13.2 Å². The summed E-state index contributed by atoms with van der Waals surface area (Å²) in [4.78, 5) is 12.2. The molecule has 0 spiro atoms. The number of urea groups is 1. The molecule has 1 fully saturated rings. The summed E-state index contributed by atoms with van der Waals surface area (Å²) in [6.07, 6.45) is 5.84. The fourth-order valence-electron chi connectivity index (χ4n) is 3.17. The number of carbonyl (C=O) groups excluding carboxylic acids is 1. The molecule has 1 unspecified atom stereocenters. The van der Waals surface area contributed by atoms with Crippen molar-refractivity contribution in [2.75, 3.05) is 13.7 Å². The molecule has 0 radical (unpaired) electrons. The summed E-state index contributed by atoms with van der Waals surface area (Å²) in [6.45, 7) is 5.10. The first kappa shape index (κ1) is 16.7. The molecule has 1 aliphatic rings. The first-order valence-corrected chi connectivity index (χ1v) is 8.24. The van der Waals surface area contributed by atoms with Gasteiger partial charge in [-0.25, -0.2) is 4.79 Å². The molecule has 0 aromatic heterocycles. The summed E-state index contributed by atoms with van der Waals surface area (Å²) in [5.41, 5.74) is 1.38. The highest BCUT2D eigenvalue weighted by Crippen LogP contribution is 2.36. The topological polar surface area (TPSA) is 50.4 Å². The van der Waals surface area contributed by atoms with Crippen molar-refractivity contribution in [3.8, 4) is 5.75 Å². The van der Waals surface area contributed by atoms with Crippen LogP contribution < -0.4 is 15.4 Å². The van der Waals surface area contributed by atoms with Gasteiger partial charge in [0, 0.05) is 6.54 Å². The van der Waals surface area contributed by atoms with Crippen LogP contribution in [0.4, 0.5) is 4.79 Å². The number of hydrogen-bond acceptors (Lipinski definition) is 2. The van der Waals surface area contributed by atoms with Gasteiger partial charge in [-0.1, -0.05) is 38.8 Å². The Morgan fingerprint density at radius 2 is 1.91 bits per heavy atom. The SMILES string of the molecule is CCC(NC(=O)NCC1(C)CCCC1)c1ccc(OC)cc1. The van der Waals surface area contributed by atoms with Crippen molar-refractivity contribution >= 4 is 6.03 Å². The number of amides is 2. The number of rotatable bonds is 6. The fraction of sp³-hybridized carbons (Fsp3) is 0.611. The Bertz CT molecular complexity index is 478. The zero-order valence-corrected chi connectivity index (χ0v) is 13.9. The highest BCUT2D eigenvalue weighted by Gasteiger charge is 2.29. The van der Waals surface area contributed by atoms with Crippen molar-refractivity contribution in [3.63, 3.8) is 0 Å². The summed E-state index contributed by atoms with van der Waals surface area (Å²) in [6, 6.07) is 7.82. The van der Waals surface area contributed by atoms with E-state index in [0.717, 1.165) is 24.3 Å². The van der Waals surface area contributed by atoms with Crippen LogP contribution in [0, 0.1) is 5.41 Å². The molecule has 0 bridgehead atoms. The maximum Gasteiger partial charge on any atom is 0.315 e. The van der Waals surface area contributed by atoms with Crippen LogP contribution >= 0.6 is 0 Å². The van der Waals surface area contributed by atoms with Crippen LogP contribution in [0.2, 0.25) is 0 Å². The molecule has 0 aliphatic heterocycles. The Labute approximate surface area is 133 Å². The van der Waals surface area contributed by atoms with Gasteiger partial charge < -0.3 is 15.4 Å². The number of carbonyl (C=O) groups is 1. The second-order valence-corrected chi connectivity index (χ2v) is 6.58. The predicted octanol–water partition coefficient (Wildman–Crippen LogP) is 4.03. The normalized spacial score (nSPS) is 17.8. The molecule has 22 heavy (non-hydrogen) atoms. The van der Waals surface area contributed by atoms with E-state index in [4.69, 9.17) is 4.74 Å². The molecule has 122 valence electrons. The van der Waals surface area contributed by atoms with Crippen molar-refractivity contribution in [1.82, 2.24) is 10.6 Å². The van der Waals surface area contributed by atoms with Gasteiger partial charge in [0.15, 0.2) is 0 Å². The number of methoxy groups -OCH3 is 1. The molecule has 0 saturated heterocycles. The van der Waals surface area contributed by atoms with E-state index in [9.17, 15) is 4.79 Å². The van der Waals surface area contributed by atoms with E-state index in [1.807, 2.05) is 24.3 Å². The maximum absolute atomic E-state index is 12.2. The second-order valence-electron chi connectivity index (χ2n) is 6.58. The summed E-state index contributed by atoms with van der Waals surface area (Å²) in [5, 5.41) is 6.12. The molecular weight excluding hydrogens is 276 g/mol. The van der Waals surface area contributed by atoms with Crippen LogP contribution in [0.25, 0.3) is 0 Å². The average Bonchev–Trinajstić information content (AvgIpc) is 2.98. The van der Waals surface area contributed by atoms with Gasteiger partial charge in [0.25, 0.3) is 0 Å². The lowest BCUT2D eigenvalue weighted by molar-refractivity contribution is 0.227. The molecule has 1 atom stereocenters. The van der Waals surface area contributed by atoms with Gasteiger partial charge in [-0.05, 0) is 42.4 Å². The number of benzene rings is 1. The molecule has 2 amide bonds. The third-order valence-electron chi connectivity index (χ3n) is 4.72. The molecule has 2 N–H and O–H groups in total. The smallest absolute Gasteiger partial charge is 0.315 e. The number of hydrogen-bond donors (Lipinski definition) is 2. The van der Waals surface area contributed by atoms with E-state index >= 15 is 0 Å². The Morgan fingerprint density at radius 1 is 1.27 bits per heavy atom. The molecule has 4 heteroatoms. The van der Waals surface area contributed by atoms with Gasteiger partial charge in [-0.3, -0.25) is 0 Å². The Hall–Kier alpha value is -1.71. The van der Waals surface area contributed by atoms with E-state index in [1.54, 1.807) is 7.11 Å². The average molecular weight is 304 g/mol. The van der Waals surface area contributed by atoms with Crippen LogP contribution in [-0.4, -0.2) is 19.7 Å². The Balaban J connectivity index is 1.87. The van der Waals surface area contributed by atoms with Crippen molar-refractivity contribution in [1.29, 1.82) is 0 Å². The van der Waals surface area contributed by atoms with Crippen LogP contribution in [0.15, 0.2) is 24.3 Å². The second kappa shape index (κ2) is 7.52. The monoisotopic (exact) mass is 304 g/mol. The molecule has 2 rings (SSSR count). The van der Waals surface area contributed by atoms with Gasteiger partial charge in [0.1, 0.15) is 5.75 Å². The minimum absolute atomic E-state index is 0.0299. The maximum atomic E-state index is 12.2. The van der Waals surface area contributed by atoms with Crippen LogP contribution in [0.3, 0.4) is 0 Å². The number of ether oxygens (including phenoxy) is 1. The lowest BCUT2D eigenvalue weighted by Gasteiger charge is -2.25. The number of nitrogens with one attached hydrogen (secondary N) is 2. The lowest BCUT2D eigenvalue weighted by Crippen LogP contribution is -2.42. The summed E-state index contributed by atoms with van der Waals surface area (Å²) in [7, 11) is 1.65. The third kappa shape index (κ3) is 4.39. The minimum atomic E-state index is -0.0733. The fourth-order valence-corrected chi connectivity index (χ4v) is 3.17. The molecular formula is C18H28N2O2. The van der Waals surface area contributed by atoms with Crippen LogP contribution in [0.5, 0.6) is 5.75 Å². The van der Waals surface area contributed by atoms with Gasteiger partial charge in [-0.15, -0.1) is 0 Å². The van der Waals surface area contributed by atoms with Crippen molar-refractivity contribution in [3.05, 3.63) is 29.8 Å². The van der Waals surface area contributed by atoms with Gasteiger partial charge in [-0.2, -0.15) is 0 Å². The van der Waals surface area contributed by atoms with Crippen molar-refractivity contribution < 1.29 is 9.53 Å². The largest absolute Gasteiger partial charge is 0.497 e. The van der Waals surface area contributed by atoms with Gasteiger partial charge >= 0.3 is 6.03 Å². The van der Waals surface area contributed by atoms with Gasteiger partial charge in [0.2, 0.25) is 0 Å².